The van der Waals surface area contributed by atoms with Crippen molar-refractivity contribution < 1.29 is 33.5 Å². The third-order valence-corrected chi connectivity index (χ3v) is 18.3. The first-order valence-electron chi connectivity index (χ1n) is 30.9. The quantitative estimate of drug-likeness (QED) is 0.170. The summed E-state index contributed by atoms with van der Waals surface area (Å²) in [6, 6.07) is 31.8. The number of phenolic OH excluding ortho intramolecular Hbond substituents is 1. The van der Waals surface area contributed by atoms with Gasteiger partial charge in [0.05, 0.1) is 28.4 Å². The van der Waals surface area contributed by atoms with Crippen LogP contribution in [0.3, 0.4) is 0 Å². The Bertz CT molecular complexity index is 3290. The van der Waals surface area contributed by atoms with Crippen molar-refractivity contribution in [3.63, 3.8) is 0 Å². The number of methoxy groups -OCH3 is 4. The molecule has 0 fully saturated rings. The smallest absolute Gasteiger partial charge is 0.126 e. The molecular weight excluding hydrogens is 1080 g/mol. The van der Waals surface area contributed by atoms with Crippen molar-refractivity contribution in [3.8, 4) is 40.2 Å². The Balaban J connectivity index is 1.51. The number of hydrogen-bond donors (Lipinski definition) is 2. The van der Waals surface area contributed by atoms with Crippen LogP contribution in [0.1, 0.15) is 236 Å². The van der Waals surface area contributed by atoms with Crippen LogP contribution >= 0.6 is 12.6 Å². The minimum Gasteiger partial charge on any atom is -0.508 e. The molecule has 0 saturated heterocycles. The van der Waals surface area contributed by atoms with Crippen molar-refractivity contribution in [2.75, 3.05) is 28.4 Å². The highest BCUT2D eigenvalue weighted by molar-refractivity contribution is 7.80. The van der Waals surface area contributed by atoms with Gasteiger partial charge in [0.25, 0.3) is 0 Å². The zero-order valence-corrected chi connectivity index (χ0v) is 57.0. The van der Waals surface area contributed by atoms with Crippen LogP contribution in [-0.2, 0) is 84.2 Å². The number of benzene rings is 7. The highest BCUT2D eigenvalue weighted by Crippen LogP contribution is 2.47. The molecule has 2 aliphatic rings. The van der Waals surface area contributed by atoms with E-state index < -0.39 is 0 Å². The van der Waals surface area contributed by atoms with Gasteiger partial charge in [0.1, 0.15) is 53.5 Å². The van der Waals surface area contributed by atoms with Gasteiger partial charge in [0.15, 0.2) is 0 Å². The Morgan fingerprint density at radius 1 is 0.291 bits per heavy atom. The first-order chi connectivity index (χ1) is 40.0. The Kier molecular flexibility index (Phi) is 17.5. The molecule has 458 valence electrons. The molecule has 1 N–H and O–H groups in total. The number of rotatable bonds is 4. The summed E-state index contributed by atoms with van der Waals surface area (Å²) >= 11 is 5.34. The Hall–Kier alpha value is -6.51. The number of phenols is 1. The molecule has 7 nitrogen and oxygen atoms in total. The molecule has 0 amide bonds. The summed E-state index contributed by atoms with van der Waals surface area (Å²) in [4.78, 5) is 0.692. The van der Waals surface area contributed by atoms with E-state index in [9.17, 15) is 5.11 Å². The predicted molar refractivity (Wildman–Crippen MR) is 358 cm³/mol. The lowest BCUT2D eigenvalue weighted by Crippen LogP contribution is -2.17. The molecule has 2 heterocycles. The van der Waals surface area contributed by atoms with Gasteiger partial charge in [0.2, 0.25) is 0 Å². The van der Waals surface area contributed by atoms with Gasteiger partial charge in [-0.3, -0.25) is 0 Å². The first kappa shape index (κ1) is 64.0. The van der Waals surface area contributed by atoms with E-state index in [2.05, 4.69) is 197 Å². The van der Waals surface area contributed by atoms with E-state index in [1.54, 1.807) is 12.1 Å². The fourth-order valence-electron chi connectivity index (χ4n) is 12.6. The lowest BCUT2D eigenvalue weighted by molar-refractivity contribution is 0.287. The summed E-state index contributed by atoms with van der Waals surface area (Å²) in [6.07, 6.45) is 3.17. The molecule has 2 aliphatic heterocycles. The van der Waals surface area contributed by atoms with E-state index in [0.29, 0.717) is 43.4 Å². The van der Waals surface area contributed by atoms with Crippen LogP contribution in [0.5, 0.6) is 40.2 Å². The van der Waals surface area contributed by atoms with Crippen molar-refractivity contribution in [1.29, 1.82) is 0 Å². The van der Waals surface area contributed by atoms with Gasteiger partial charge < -0.3 is 33.5 Å². The highest BCUT2D eigenvalue weighted by Gasteiger charge is 2.32. The second kappa shape index (κ2) is 23.5. The second-order valence-corrected chi connectivity index (χ2v) is 31.3. The first-order valence-corrected chi connectivity index (χ1v) is 31.4. The summed E-state index contributed by atoms with van der Waals surface area (Å²) in [5.74, 6) is 5.00. The standard InChI is InChI=1S/C78H98O7S/c1-73(2,3)59-29-45-23-46-30-60(74(4,5)6)34-50(67(46)81-20)26-55-39-64(78(16,17)18)40-56-28-52-36-62(76(10,11)12)32-48(69(52)83-22)24-47-31-61(75(7,8)9)35-51(68(47)82-21)27-54-38-63(77(13,14)15)37-53(25-49(33-59)66(45)80-19)70(54)84-43-57-41-65(79)42-58(72(57)86)44-85-71(55)56/h29-42,79,86H,23-28,43-44H2,1-22H3. The molecule has 7 aromatic carbocycles. The maximum atomic E-state index is 11.8. The molecular formula is C78H98O7S. The van der Waals surface area contributed by atoms with Gasteiger partial charge in [0, 0.05) is 54.5 Å². The minimum absolute atomic E-state index is 0.108. The van der Waals surface area contributed by atoms with Crippen LogP contribution in [0, 0.1) is 0 Å². The van der Waals surface area contributed by atoms with Crippen molar-refractivity contribution in [2.45, 2.75) is 214 Å². The van der Waals surface area contributed by atoms with Crippen LogP contribution in [0.4, 0.5) is 0 Å². The van der Waals surface area contributed by atoms with Crippen LogP contribution < -0.4 is 28.4 Å². The molecule has 0 unspecified atom stereocenters. The van der Waals surface area contributed by atoms with Gasteiger partial charge in [-0.15, -0.1) is 12.6 Å². The fourth-order valence-corrected chi connectivity index (χ4v) is 12.9. The normalized spacial score (nSPS) is 14.3. The molecule has 0 atom stereocenters. The number of aromatic hydroxyl groups is 1. The molecule has 0 spiro atoms. The molecule has 0 aliphatic carbocycles. The topological polar surface area (TPSA) is 75.6 Å². The van der Waals surface area contributed by atoms with Crippen LogP contribution in [0.15, 0.2) is 89.8 Å². The SMILES string of the molecule is COc1c2cc(C(C)(C)C)cc1Cc1cc(C(C)(C)C)cc3c1OCc1cc(O)cc(c1S)COc1c(cc(C(C)(C)C)cc1Cc1cc(C(C)(C)C)cc(c1OC)Cc1cc(C(C)(C)C)cc(c1OC)C3)Cc1cc(C(C)(C)C)cc(c1OC)C2. The van der Waals surface area contributed by atoms with E-state index in [1.807, 2.05) is 28.4 Å². The van der Waals surface area contributed by atoms with Crippen LogP contribution in [-0.4, -0.2) is 33.5 Å². The predicted octanol–water partition coefficient (Wildman–Crippen LogP) is 18.8. The fraction of sp³-hybridized carbons (Fsp3) is 0.462. The zero-order chi connectivity index (χ0) is 63.0. The van der Waals surface area contributed by atoms with Gasteiger partial charge in [-0.25, -0.2) is 0 Å². The summed E-state index contributed by atoms with van der Waals surface area (Å²) < 4.78 is 41.8. The van der Waals surface area contributed by atoms with E-state index in [1.165, 1.54) is 33.4 Å². The summed E-state index contributed by atoms with van der Waals surface area (Å²) in [6.45, 7) is 41.5. The van der Waals surface area contributed by atoms with Crippen LogP contribution in [0.25, 0.3) is 0 Å². The monoisotopic (exact) mass is 1180 g/mol. The average Bonchev–Trinajstić information content (AvgIpc) is 2.23. The molecule has 7 aromatic rings. The number of thiol groups is 1. The highest BCUT2D eigenvalue weighted by atomic mass is 32.1. The molecule has 12 bridgehead atoms. The van der Waals surface area contributed by atoms with Gasteiger partial charge in [-0.05, 0) is 145 Å². The molecule has 0 saturated carbocycles. The number of ether oxygens (including phenoxy) is 6. The van der Waals surface area contributed by atoms with Gasteiger partial charge in [-0.1, -0.05) is 197 Å². The van der Waals surface area contributed by atoms with Crippen molar-refractivity contribution in [3.05, 3.63) is 196 Å². The second-order valence-electron chi connectivity index (χ2n) is 30.8. The molecule has 9 rings (SSSR count). The third kappa shape index (κ3) is 13.5. The van der Waals surface area contributed by atoms with Gasteiger partial charge in [-0.2, -0.15) is 0 Å². The van der Waals surface area contributed by atoms with E-state index in [-0.39, 0.29) is 51.5 Å². The third-order valence-electron chi connectivity index (χ3n) is 17.8. The minimum atomic E-state index is -0.243. The van der Waals surface area contributed by atoms with Crippen LogP contribution in [0.2, 0.25) is 0 Å². The maximum absolute atomic E-state index is 11.8. The Labute approximate surface area is 522 Å². The molecule has 0 radical (unpaired) electrons. The summed E-state index contributed by atoms with van der Waals surface area (Å²) in [5.41, 5.74) is 20.1. The largest absolute Gasteiger partial charge is 0.508 e. The van der Waals surface area contributed by atoms with Gasteiger partial charge >= 0.3 is 0 Å². The van der Waals surface area contributed by atoms with E-state index in [0.717, 1.165) is 112 Å². The number of fused-ring (bicyclic) bond motifs is 10. The number of hydrogen-bond acceptors (Lipinski definition) is 8. The zero-order valence-electron chi connectivity index (χ0n) is 56.1. The summed E-state index contributed by atoms with van der Waals surface area (Å²) in [5, 5.41) is 11.8. The molecule has 0 aromatic heterocycles. The van der Waals surface area contributed by atoms with Crippen molar-refractivity contribution in [2.24, 2.45) is 0 Å². The van der Waals surface area contributed by atoms with E-state index in [4.69, 9.17) is 41.0 Å². The maximum Gasteiger partial charge on any atom is 0.126 e. The van der Waals surface area contributed by atoms with Crippen molar-refractivity contribution in [1.82, 2.24) is 0 Å². The summed E-state index contributed by atoms with van der Waals surface area (Å²) in [7, 11) is 7.24. The van der Waals surface area contributed by atoms with Crippen molar-refractivity contribution >= 4 is 12.6 Å². The van der Waals surface area contributed by atoms with E-state index >= 15 is 0 Å². The molecule has 8 heteroatoms. The Morgan fingerprint density at radius 3 is 0.640 bits per heavy atom. The lowest BCUT2D eigenvalue weighted by Gasteiger charge is -2.29. The Morgan fingerprint density at radius 2 is 0.465 bits per heavy atom. The average molecular weight is 1180 g/mol. The molecule has 86 heavy (non-hydrogen) atoms. The lowest BCUT2D eigenvalue weighted by atomic mass is 9.79.